The summed E-state index contributed by atoms with van der Waals surface area (Å²) < 4.78 is 16.4. The fraction of sp³-hybridized carbons (Fsp3) is 0.333. The number of aromatic hydroxyl groups is 1. The van der Waals surface area contributed by atoms with E-state index in [1.807, 2.05) is 42.5 Å². The molecule has 4 N–H and O–H groups in total. The second-order valence-corrected chi connectivity index (χ2v) is 13.4. The van der Waals surface area contributed by atoms with Gasteiger partial charge in [-0.2, -0.15) is 0 Å². The van der Waals surface area contributed by atoms with E-state index in [1.165, 1.54) is 17.2 Å². The van der Waals surface area contributed by atoms with Gasteiger partial charge in [0.2, 0.25) is 5.56 Å². The minimum atomic E-state index is -0.853. The molecule has 272 valence electrons. The number of nitrogens with one attached hydrogen (secondary N) is 2. The number of rotatable bonds is 17. The van der Waals surface area contributed by atoms with Gasteiger partial charge in [-0.15, -0.1) is 0 Å². The van der Waals surface area contributed by atoms with Crippen LogP contribution in [-0.4, -0.2) is 73.1 Å². The van der Waals surface area contributed by atoms with Crippen LogP contribution in [0.4, 0.5) is 0 Å². The fourth-order valence-electron chi connectivity index (χ4n) is 7.29. The number of aromatic amines is 1. The quantitative estimate of drug-likeness (QED) is 0.0718. The van der Waals surface area contributed by atoms with E-state index in [1.54, 1.807) is 25.3 Å². The van der Waals surface area contributed by atoms with Gasteiger partial charge < -0.3 is 39.6 Å². The Balaban J connectivity index is 1.00. The van der Waals surface area contributed by atoms with Gasteiger partial charge in [0.15, 0.2) is 5.75 Å². The minimum Gasteiger partial charge on any atom is -0.508 e. The predicted molar refractivity (Wildman–Crippen MR) is 201 cm³/mol. The average Bonchev–Trinajstić information content (AvgIpc) is 3.17. The molecular formula is C42H47N3O7. The lowest BCUT2D eigenvalue weighted by molar-refractivity contribution is -0.120. The largest absolute Gasteiger partial charge is 0.508 e. The van der Waals surface area contributed by atoms with Crippen molar-refractivity contribution in [3.63, 3.8) is 0 Å². The van der Waals surface area contributed by atoms with Gasteiger partial charge in [-0.05, 0) is 91.4 Å². The summed E-state index contributed by atoms with van der Waals surface area (Å²) in [6.07, 6.45) is 2.68. The number of fused-ring (bicyclic) bond motifs is 1. The lowest BCUT2D eigenvalue weighted by Crippen LogP contribution is -2.44. The van der Waals surface area contributed by atoms with Crippen LogP contribution in [0.2, 0.25) is 0 Å². The maximum Gasteiger partial charge on any atom is 0.298 e. The Hall–Kier alpha value is -5.00. The number of pyridine rings is 1. The third kappa shape index (κ3) is 8.71. The number of nitrogens with zero attached hydrogens (tertiary/aromatic N) is 1. The average molecular weight is 706 g/mol. The van der Waals surface area contributed by atoms with E-state index in [0.29, 0.717) is 41.8 Å². The van der Waals surface area contributed by atoms with E-state index in [0.717, 1.165) is 68.8 Å². The molecule has 10 heteroatoms. The van der Waals surface area contributed by atoms with Gasteiger partial charge in [-0.3, -0.25) is 9.59 Å². The molecule has 1 saturated heterocycles. The zero-order valence-corrected chi connectivity index (χ0v) is 29.6. The van der Waals surface area contributed by atoms with Crippen LogP contribution in [0.15, 0.2) is 102 Å². The lowest BCUT2D eigenvalue weighted by atomic mass is 9.67. The zero-order chi connectivity index (χ0) is 36.3. The summed E-state index contributed by atoms with van der Waals surface area (Å²) in [6, 6.07) is 30.8. The SMILES string of the molecule is COCCN1CCC(c2ccccc2)(c2cc(CCCOc3ccc(CNC[C@H](O)c4ccc(OC=O)c5[nH]c(=O)ccc45)cc3)ccc2O)CC1. The number of hydrogen-bond acceptors (Lipinski definition) is 9. The van der Waals surface area contributed by atoms with Crippen molar-refractivity contribution in [3.05, 3.63) is 135 Å². The molecule has 0 radical (unpaired) electrons. The molecule has 52 heavy (non-hydrogen) atoms. The van der Waals surface area contributed by atoms with Gasteiger partial charge >= 0.3 is 0 Å². The summed E-state index contributed by atoms with van der Waals surface area (Å²) in [7, 11) is 1.74. The second-order valence-electron chi connectivity index (χ2n) is 13.4. The molecule has 0 bridgehead atoms. The number of methoxy groups -OCH3 is 1. The van der Waals surface area contributed by atoms with E-state index >= 15 is 0 Å². The Morgan fingerprint density at radius 3 is 2.46 bits per heavy atom. The number of aryl methyl sites for hydroxylation is 1. The molecule has 1 atom stereocenters. The van der Waals surface area contributed by atoms with Gasteiger partial charge in [0.1, 0.15) is 11.5 Å². The van der Waals surface area contributed by atoms with Crippen LogP contribution in [0.3, 0.4) is 0 Å². The molecule has 6 rings (SSSR count). The first-order valence-electron chi connectivity index (χ1n) is 17.9. The minimum absolute atomic E-state index is 0.223. The van der Waals surface area contributed by atoms with Crippen molar-refractivity contribution in [2.45, 2.75) is 43.7 Å². The predicted octanol–water partition coefficient (Wildman–Crippen LogP) is 5.63. The summed E-state index contributed by atoms with van der Waals surface area (Å²) in [5.41, 5.74) is 4.87. The molecule has 1 aliphatic heterocycles. The van der Waals surface area contributed by atoms with Crippen molar-refractivity contribution in [3.8, 4) is 17.2 Å². The number of H-pyrrole nitrogens is 1. The summed E-state index contributed by atoms with van der Waals surface area (Å²) in [5.74, 6) is 1.36. The van der Waals surface area contributed by atoms with Gasteiger partial charge in [-0.1, -0.05) is 60.7 Å². The van der Waals surface area contributed by atoms with E-state index in [9.17, 15) is 19.8 Å². The molecular weight excluding hydrogens is 658 g/mol. The second kappa shape index (κ2) is 17.5. The normalized spacial score (nSPS) is 15.0. The number of ether oxygens (including phenoxy) is 3. The number of aliphatic hydroxyl groups excluding tert-OH is 1. The van der Waals surface area contributed by atoms with E-state index in [2.05, 4.69) is 45.5 Å². The highest BCUT2D eigenvalue weighted by molar-refractivity contribution is 5.88. The van der Waals surface area contributed by atoms with Crippen molar-refractivity contribution >= 4 is 17.4 Å². The summed E-state index contributed by atoms with van der Waals surface area (Å²) in [4.78, 5) is 27.9. The Morgan fingerprint density at radius 2 is 1.71 bits per heavy atom. The highest BCUT2D eigenvalue weighted by atomic mass is 16.5. The molecule has 10 nitrogen and oxygen atoms in total. The van der Waals surface area contributed by atoms with Crippen molar-refractivity contribution < 1.29 is 29.2 Å². The van der Waals surface area contributed by atoms with Crippen molar-refractivity contribution in [1.82, 2.24) is 15.2 Å². The number of phenols is 1. The molecule has 1 aliphatic rings. The van der Waals surface area contributed by atoms with Gasteiger partial charge in [-0.25, -0.2) is 0 Å². The number of hydrogen-bond donors (Lipinski definition) is 4. The summed E-state index contributed by atoms with van der Waals surface area (Å²) in [5, 5.41) is 26.0. The van der Waals surface area contributed by atoms with E-state index in [4.69, 9.17) is 14.2 Å². The topological polar surface area (TPSA) is 133 Å². The number of carbonyl (C=O) groups is 1. The van der Waals surface area contributed by atoms with E-state index < -0.39 is 6.10 Å². The van der Waals surface area contributed by atoms with Crippen LogP contribution >= 0.6 is 0 Å². The number of carbonyl (C=O) groups excluding carboxylic acids is 1. The van der Waals surface area contributed by atoms with Crippen LogP contribution in [0.1, 0.15) is 53.2 Å². The van der Waals surface area contributed by atoms with Crippen LogP contribution in [0.5, 0.6) is 17.2 Å². The standard InChI is InChI=1S/C42H47N3O7/c1-50-25-23-45-21-19-42(20-22-45,32-7-3-2-4-8-32)36-26-30(11-16-37(36)47)6-5-24-51-33-12-9-31(10-13-33)27-43-28-38(48)34-14-17-39(52-29-46)41-35(34)15-18-40(49)44-41/h2-4,7-18,26,29,38,43,47-48H,5-6,19-25,27-28H2,1H3,(H,44,49)/t38-/m0/s1. The molecule has 5 aromatic rings. The molecule has 0 aliphatic carbocycles. The summed E-state index contributed by atoms with van der Waals surface area (Å²) >= 11 is 0. The highest BCUT2D eigenvalue weighted by Crippen LogP contribution is 2.45. The monoisotopic (exact) mass is 705 g/mol. The number of aromatic nitrogens is 1. The first-order chi connectivity index (χ1) is 25.4. The molecule has 4 aromatic carbocycles. The number of aliphatic hydroxyl groups is 1. The molecule has 1 fully saturated rings. The Bertz CT molecular complexity index is 1970. The Morgan fingerprint density at radius 1 is 0.942 bits per heavy atom. The van der Waals surface area contributed by atoms with Crippen molar-refractivity contribution in [1.29, 1.82) is 0 Å². The van der Waals surface area contributed by atoms with Crippen LogP contribution in [-0.2, 0) is 27.9 Å². The number of likely N-dealkylation sites (tertiary alicyclic amines) is 1. The summed E-state index contributed by atoms with van der Waals surface area (Å²) in [6.45, 7) is 5.21. The fourth-order valence-corrected chi connectivity index (χ4v) is 7.29. The lowest BCUT2D eigenvalue weighted by Gasteiger charge is -2.43. The van der Waals surface area contributed by atoms with E-state index in [-0.39, 0.29) is 23.3 Å². The number of benzene rings is 4. The van der Waals surface area contributed by atoms with Crippen LogP contribution in [0.25, 0.3) is 10.9 Å². The van der Waals surface area contributed by atoms with Gasteiger partial charge in [0, 0.05) is 49.2 Å². The molecule has 0 spiro atoms. The van der Waals surface area contributed by atoms with Crippen LogP contribution < -0.4 is 20.3 Å². The van der Waals surface area contributed by atoms with Crippen molar-refractivity contribution in [2.75, 3.05) is 46.5 Å². The number of piperidine rings is 1. The van der Waals surface area contributed by atoms with Crippen LogP contribution in [0, 0.1) is 0 Å². The third-order valence-corrected chi connectivity index (χ3v) is 10.1. The Labute approximate surface area is 304 Å². The van der Waals surface area contributed by atoms with Gasteiger partial charge in [0.05, 0.1) is 24.8 Å². The van der Waals surface area contributed by atoms with Gasteiger partial charge in [0.25, 0.3) is 6.47 Å². The molecule has 1 aromatic heterocycles. The molecule has 2 heterocycles. The molecule has 0 saturated carbocycles. The maximum absolute atomic E-state index is 11.9. The highest BCUT2D eigenvalue weighted by Gasteiger charge is 2.39. The Kier molecular flexibility index (Phi) is 12.4. The molecule has 0 amide bonds. The van der Waals surface area contributed by atoms with Crippen molar-refractivity contribution in [2.24, 2.45) is 0 Å². The first-order valence-corrected chi connectivity index (χ1v) is 17.9. The smallest absolute Gasteiger partial charge is 0.298 e. The maximum atomic E-state index is 11.9. The molecule has 0 unspecified atom stereocenters. The first kappa shape index (κ1) is 36.8. The number of phenolic OH excluding ortho intramolecular Hbond substituents is 1. The third-order valence-electron chi connectivity index (χ3n) is 10.1. The zero-order valence-electron chi connectivity index (χ0n) is 29.6.